The molecular formula is C21H15ClF3N5O. The van der Waals surface area contributed by atoms with Crippen LogP contribution in [-0.4, -0.2) is 25.5 Å². The molecule has 2 aromatic carbocycles. The standard InChI is InChI=1S/C21H15ClF3N5O/c1-12-2-6-14(7-3-12)16-10-17(21(23,24)25)30-20(27-16)28-18(29-30)19(31)26-11-13-4-8-15(22)9-5-13/h2-10H,11H2,1H3,(H,26,31). The van der Waals surface area contributed by atoms with Crippen LogP contribution >= 0.6 is 11.6 Å². The molecule has 0 fully saturated rings. The number of aryl methyl sites for hydroxylation is 1. The highest BCUT2D eigenvalue weighted by atomic mass is 35.5. The van der Waals surface area contributed by atoms with Gasteiger partial charge in [-0.05, 0) is 30.7 Å². The van der Waals surface area contributed by atoms with Crippen molar-refractivity contribution < 1.29 is 18.0 Å². The fraction of sp³-hybridized carbons (Fsp3) is 0.143. The van der Waals surface area contributed by atoms with Crippen LogP contribution in [0.5, 0.6) is 0 Å². The molecule has 4 aromatic rings. The molecule has 0 aliphatic carbocycles. The summed E-state index contributed by atoms with van der Waals surface area (Å²) < 4.78 is 41.5. The van der Waals surface area contributed by atoms with Crippen molar-refractivity contribution in [1.82, 2.24) is 24.9 Å². The number of benzene rings is 2. The van der Waals surface area contributed by atoms with Gasteiger partial charge in [-0.3, -0.25) is 4.79 Å². The zero-order chi connectivity index (χ0) is 22.2. The second-order valence-corrected chi connectivity index (χ2v) is 7.28. The third-order valence-corrected chi connectivity index (χ3v) is 4.77. The number of carbonyl (C=O) groups is 1. The van der Waals surface area contributed by atoms with Gasteiger partial charge in [0.1, 0.15) is 0 Å². The Hall–Kier alpha value is -3.46. The predicted molar refractivity (Wildman–Crippen MR) is 109 cm³/mol. The minimum Gasteiger partial charge on any atom is -0.345 e. The van der Waals surface area contributed by atoms with Crippen LogP contribution in [0.1, 0.15) is 27.4 Å². The van der Waals surface area contributed by atoms with Gasteiger partial charge in [0.25, 0.3) is 11.7 Å². The highest BCUT2D eigenvalue weighted by Crippen LogP contribution is 2.32. The number of carbonyl (C=O) groups excluding carboxylic acids is 1. The largest absolute Gasteiger partial charge is 0.433 e. The molecule has 0 spiro atoms. The number of nitrogens with one attached hydrogen (secondary N) is 1. The molecule has 0 saturated heterocycles. The lowest BCUT2D eigenvalue weighted by atomic mass is 10.1. The van der Waals surface area contributed by atoms with Gasteiger partial charge in [0, 0.05) is 17.1 Å². The highest BCUT2D eigenvalue weighted by Gasteiger charge is 2.36. The Bertz CT molecular complexity index is 1250. The summed E-state index contributed by atoms with van der Waals surface area (Å²) in [6, 6.07) is 14.5. The van der Waals surface area contributed by atoms with E-state index in [1.165, 1.54) is 0 Å². The number of amides is 1. The molecule has 0 bridgehead atoms. The number of rotatable bonds is 4. The van der Waals surface area contributed by atoms with E-state index in [1.54, 1.807) is 48.5 Å². The summed E-state index contributed by atoms with van der Waals surface area (Å²) in [5.74, 6) is -1.44. The maximum absolute atomic E-state index is 13.7. The first-order chi connectivity index (χ1) is 14.7. The first kappa shape index (κ1) is 20.8. The van der Waals surface area contributed by atoms with Crippen molar-refractivity contribution in [2.45, 2.75) is 19.6 Å². The first-order valence-electron chi connectivity index (χ1n) is 9.15. The number of alkyl halides is 3. The van der Waals surface area contributed by atoms with E-state index in [2.05, 4.69) is 20.4 Å². The van der Waals surface area contributed by atoms with Crippen molar-refractivity contribution >= 4 is 23.3 Å². The lowest BCUT2D eigenvalue weighted by molar-refractivity contribution is -0.142. The van der Waals surface area contributed by atoms with Crippen molar-refractivity contribution in [3.63, 3.8) is 0 Å². The Labute approximate surface area is 179 Å². The van der Waals surface area contributed by atoms with Crippen LogP contribution in [0.15, 0.2) is 54.6 Å². The second kappa shape index (κ2) is 7.99. The Morgan fingerprint density at radius 1 is 1.06 bits per heavy atom. The summed E-state index contributed by atoms with van der Waals surface area (Å²) in [7, 11) is 0. The number of nitrogens with zero attached hydrogens (tertiary/aromatic N) is 4. The number of hydrogen-bond donors (Lipinski definition) is 1. The van der Waals surface area contributed by atoms with E-state index in [0.29, 0.717) is 15.1 Å². The van der Waals surface area contributed by atoms with Crippen LogP contribution in [0.3, 0.4) is 0 Å². The molecule has 0 aliphatic heterocycles. The molecule has 1 amide bonds. The minimum atomic E-state index is -4.72. The van der Waals surface area contributed by atoms with Crippen molar-refractivity contribution in [1.29, 1.82) is 0 Å². The zero-order valence-corrected chi connectivity index (χ0v) is 16.9. The molecule has 1 N–H and O–H groups in total. The van der Waals surface area contributed by atoms with Gasteiger partial charge in [-0.2, -0.15) is 22.7 Å². The van der Waals surface area contributed by atoms with Gasteiger partial charge in [-0.1, -0.05) is 53.6 Å². The molecule has 0 unspecified atom stereocenters. The third kappa shape index (κ3) is 4.51. The molecular weight excluding hydrogens is 431 g/mol. The quantitative estimate of drug-likeness (QED) is 0.494. The van der Waals surface area contributed by atoms with Gasteiger partial charge in [0.2, 0.25) is 5.82 Å². The summed E-state index contributed by atoms with van der Waals surface area (Å²) >= 11 is 5.82. The molecule has 4 rings (SSSR count). The summed E-state index contributed by atoms with van der Waals surface area (Å²) in [6.45, 7) is 2.01. The zero-order valence-electron chi connectivity index (χ0n) is 16.1. The van der Waals surface area contributed by atoms with Gasteiger partial charge in [0.05, 0.1) is 5.69 Å². The molecule has 10 heteroatoms. The van der Waals surface area contributed by atoms with Crippen LogP contribution in [0, 0.1) is 6.92 Å². The van der Waals surface area contributed by atoms with Gasteiger partial charge in [-0.25, -0.2) is 4.98 Å². The maximum Gasteiger partial charge on any atom is 0.433 e. The Morgan fingerprint density at radius 2 is 1.74 bits per heavy atom. The topological polar surface area (TPSA) is 72.2 Å². The summed E-state index contributed by atoms with van der Waals surface area (Å²) in [4.78, 5) is 20.5. The van der Waals surface area contributed by atoms with Gasteiger partial charge >= 0.3 is 6.18 Å². The molecule has 0 aliphatic rings. The monoisotopic (exact) mass is 445 g/mol. The van der Waals surface area contributed by atoms with E-state index < -0.39 is 23.6 Å². The van der Waals surface area contributed by atoms with E-state index in [1.807, 2.05) is 6.92 Å². The molecule has 0 atom stereocenters. The lowest BCUT2D eigenvalue weighted by Crippen LogP contribution is -2.24. The number of halogens is 4. The van der Waals surface area contributed by atoms with Crippen molar-refractivity contribution in [3.05, 3.63) is 82.3 Å². The van der Waals surface area contributed by atoms with Gasteiger partial charge in [0.15, 0.2) is 5.69 Å². The van der Waals surface area contributed by atoms with E-state index in [0.717, 1.165) is 17.2 Å². The molecule has 0 radical (unpaired) electrons. The molecule has 6 nitrogen and oxygen atoms in total. The van der Waals surface area contributed by atoms with E-state index in [9.17, 15) is 18.0 Å². The molecule has 2 heterocycles. The van der Waals surface area contributed by atoms with Crippen LogP contribution < -0.4 is 5.32 Å². The van der Waals surface area contributed by atoms with Gasteiger partial charge < -0.3 is 5.32 Å². The Balaban J connectivity index is 1.68. The third-order valence-electron chi connectivity index (χ3n) is 4.52. The molecule has 158 valence electrons. The lowest BCUT2D eigenvalue weighted by Gasteiger charge is -2.10. The smallest absolute Gasteiger partial charge is 0.345 e. The number of aromatic nitrogens is 4. The minimum absolute atomic E-state index is 0.0837. The van der Waals surface area contributed by atoms with Gasteiger partial charge in [-0.15, -0.1) is 5.10 Å². The number of hydrogen-bond acceptors (Lipinski definition) is 4. The predicted octanol–water partition coefficient (Wildman–Crippen LogP) is 4.70. The number of fused-ring (bicyclic) bond motifs is 1. The second-order valence-electron chi connectivity index (χ2n) is 6.85. The van der Waals surface area contributed by atoms with Crippen molar-refractivity contribution in [2.24, 2.45) is 0 Å². The fourth-order valence-corrected chi connectivity index (χ4v) is 3.03. The maximum atomic E-state index is 13.7. The highest BCUT2D eigenvalue weighted by molar-refractivity contribution is 6.30. The Morgan fingerprint density at radius 3 is 2.39 bits per heavy atom. The SMILES string of the molecule is Cc1ccc(-c2cc(C(F)(F)F)n3nc(C(=O)NCc4ccc(Cl)cc4)nc3n2)cc1. The van der Waals surface area contributed by atoms with E-state index in [4.69, 9.17) is 11.6 Å². The molecule has 0 saturated carbocycles. The van der Waals surface area contributed by atoms with E-state index >= 15 is 0 Å². The van der Waals surface area contributed by atoms with E-state index in [-0.39, 0.29) is 18.0 Å². The molecule has 31 heavy (non-hydrogen) atoms. The summed E-state index contributed by atoms with van der Waals surface area (Å²) in [5.41, 5.74) is 1.23. The van der Waals surface area contributed by atoms with Crippen molar-refractivity contribution in [3.8, 4) is 11.3 Å². The normalized spacial score (nSPS) is 11.6. The van der Waals surface area contributed by atoms with Crippen LogP contribution in [0.25, 0.3) is 17.0 Å². The average Bonchev–Trinajstić information content (AvgIpc) is 3.16. The summed E-state index contributed by atoms with van der Waals surface area (Å²) in [6.07, 6.45) is -4.72. The van der Waals surface area contributed by atoms with Crippen LogP contribution in [-0.2, 0) is 12.7 Å². The van der Waals surface area contributed by atoms with Crippen molar-refractivity contribution in [2.75, 3.05) is 0 Å². The summed E-state index contributed by atoms with van der Waals surface area (Å²) in [5, 5.41) is 6.87. The fourth-order valence-electron chi connectivity index (χ4n) is 2.90. The van der Waals surface area contributed by atoms with Crippen LogP contribution in [0.2, 0.25) is 5.02 Å². The average molecular weight is 446 g/mol. The van der Waals surface area contributed by atoms with Crippen LogP contribution in [0.4, 0.5) is 13.2 Å². The Kier molecular flexibility index (Phi) is 5.36. The molecule has 2 aromatic heterocycles. The first-order valence-corrected chi connectivity index (χ1v) is 9.53.